The van der Waals surface area contributed by atoms with Crippen molar-refractivity contribution in [2.75, 3.05) is 0 Å². The zero-order valence-electron chi connectivity index (χ0n) is 17.2. The molecule has 2 rings (SSSR count). The van der Waals surface area contributed by atoms with Gasteiger partial charge in [-0.3, -0.25) is 4.79 Å². The summed E-state index contributed by atoms with van der Waals surface area (Å²) >= 11 is 0. The van der Waals surface area contributed by atoms with Gasteiger partial charge in [0.25, 0.3) is 5.91 Å². The number of unbranched alkanes of at least 4 members (excludes halogenated alkanes) is 2. The fourth-order valence-electron chi connectivity index (χ4n) is 3.07. The molecule has 7 heteroatoms. The first kappa shape index (κ1) is 22.5. The van der Waals surface area contributed by atoms with Crippen LogP contribution in [0.4, 0.5) is 0 Å². The molecule has 0 aliphatic heterocycles. The lowest BCUT2D eigenvalue weighted by Gasteiger charge is -2.19. The monoisotopic (exact) mass is 403 g/mol. The Balaban J connectivity index is 2.13. The number of fused-ring (bicyclic) bond motifs is 1. The van der Waals surface area contributed by atoms with Crippen molar-refractivity contribution in [3.05, 3.63) is 40.2 Å². The predicted octanol–water partition coefficient (Wildman–Crippen LogP) is 3.66. The molecule has 2 atom stereocenters. The van der Waals surface area contributed by atoms with Gasteiger partial charge in [-0.2, -0.15) is 0 Å². The molecule has 0 spiro atoms. The lowest BCUT2D eigenvalue weighted by Crippen LogP contribution is -2.46. The Morgan fingerprint density at radius 1 is 1.17 bits per heavy atom. The van der Waals surface area contributed by atoms with E-state index < -0.39 is 29.6 Å². The van der Waals surface area contributed by atoms with E-state index in [2.05, 4.69) is 12.2 Å². The lowest BCUT2D eigenvalue weighted by molar-refractivity contribution is -0.143. The summed E-state index contributed by atoms with van der Waals surface area (Å²) < 4.78 is 11.0. The van der Waals surface area contributed by atoms with E-state index in [1.165, 1.54) is 6.07 Å². The Morgan fingerprint density at radius 2 is 1.90 bits per heavy atom. The fraction of sp³-hybridized carbons (Fsp3) is 0.500. The molecule has 0 aliphatic rings. The lowest BCUT2D eigenvalue weighted by atomic mass is 10.0. The molecule has 2 N–H and O–H groups in total. The van der Waals surface area contributed by atoms with Crippen LogP contribution in [0.15, 0.2) is 33.5 Å². The van der Waals surface area contributed by atoms with E-state index in [9.17, 15) is 19.5 Å². The summed E-state index contributed by atoms with van der Waals surface area (Å²) in [5, 5.41) is 12.6. The number of nitrogens with one attached hydrogen (secondary N) is 1. The molecule has 0 radical (unpaired) electrons. The number of carbonyl (C=O) groups excluding carboxylic acids is 1. The molecule has 2 aromatic rings. The number of aliphatic carboxylic acids is 1. The van der Waals surface area contributed by atoms with Crippen molar-refractivity contribution < 1.29 is 23.8 Å². The number of hydrogen-bond acceptors (Lipinski definition) is 5. The van der Waals surface area contributed by atoms with E-state index in [1.54, 1.807) is 19.1 Å². The minimum absolute atomic E-state index is 0.367. The van der Waals surface area contributed by atoms with Gasteiger partial charge in [-0.05, 0) is 43.9 Å². The summed E-state index contributed by atoms with van der Waals surface area (Å²) in [6, 6.07) is 5.68. The van der Waals surface area contributed by atoms with Crippen molar-refractivity contribution in [3.8, 4) is 5.75 Å². The van der Waals surface area contributed by atoms with Gasteiger partial charge in [0.1, 0.15) is 17.4 Å². The largest absolute Gasteiger partial charge is 0.481 e. The van der Waals surface area contributed by atoms with E-state index in [4.69, 9.17) is 9.15 Å². The third-order valence-electron chi connectivity index (χ3n) is 4.74. The number of benzene rings is 1. The number of carboxylic acid groups (broad SMARTS) is 1. The molecule has 0 saturated heterocycles. The molecule has 1 aromatic heterocycles. The molecular weight excluding hydrogens is 374 g/mol. The van der Waals surface area contributed by atoms with Crippen LogP contribution in [0, 0.1) is 0 Å². The highest BCUT2D eigenvalue weighted by Gasteiger charge is 2.23. The van der Waals surface area contributed by atoms with Gasteiger partial charge in [0.05, 0.1) is 0 Å². The average molecular weight is 403 g/mol. The third-order valence-corrected chi connectivity index (χ3v) is 4.74. The molecule has 29 heavy (non-hydrogen) atoms. The zero-order valence-corrected chi connectivity index (χ0v) is 17.2. The number of aryl methyl sites for hydroxylation is 1. The van der Waals surface area contributed by atoms with Crippen LogP contribution >= 0.6 is 0 Å². The van der Waals surface area contributed by atoms with Crippen LogP contribution in [0.3, 0.4) is 0 Å². The smallest absolute Gasteiger partial charge is 0.336 e. The number of amides is 1. The molecule has 0 unspecified atom stereocenters. The van der Waals surface area contributed by atoms with Crippen molar-refractivity contribution in [1.82, 2.24) is 5.32 Å². The van der Waals surface area contributed by atoms with Crippen molar-refractivity contribution in [2.45, 2.75) is 71.4 Å². The standard InChI is InChI=1S/C22H29NO6/c1-4-6-8-15-12-20(24)29-19-13-16(10-11-17(15)19)28-14(3)21(25)23-18(22(26)27)9-7-5-2/h10-14,18H,4-9H2,1-3H3,(H,23,25)(H,26,27)/t14-,18+/m1/s1. The van der Waals surface area contributed by atoms with Gasteiger partial charge in [0, 0.05) is 17.5 Å². The molecular formula is C22H29NO6. The molecule has 1 amide bonds. The van der Waals surface area contributed by atoms with E-state index >= 15 is 0 Å². The molecule has 0 saturated carbocycles. The number of ether oxygens (including phenoxy) is 1. The van der Waals surface area contributed by atoms with Crippen molar-refractivity contribution >= 4 is 22.8 Å². The maximum atomic E-state index is 12.3. The summed E-state index contributed by atoms with van der Waals surface area (Å²) in [5.41, 5.74) is 0.905. The van der Waals surface area contributed by atoms with Crippen LogP contribution in [0.5, 0.6) is 5.75 Å². The summed E-state index contributed by atoms with van der Waals surface area (Å²) in [7, 11) is 0. The summed E-state index contributed by atoms with van der Waals surface area (Å²) in [4.78, 5) is 35.5. The van der Waals surface area contributed by atoms with Crippen molar-refractivity contribution in [2.24, 2.45) is 0 Å². The minimum atomic E-state index is -1.06. The van der Waals surface area contributed by atoms with E-state index in [0.29, 0.717) is 24.2 Å². The third kappa shape index (κ3) is 6.34. The van der Waals surface area contributed by atoms with Gasteiger partial charge in [-0.15, -0.1) is 0 Å². The van der Waals surface area contributed by atoms with Crippen LogP contribution in [0.25, 0.3) is 11.0 Å². The molecule has 158 valence electrons. The second kappa shape index (κ2) is 10.6. The molecule has 0 aliphatic carbocycles. The topological polar surface area (TPSA) is 106 Å². The first-order chi connectivity index (χ1) is 13.8. The van der Waals surface area contributed by atoms with Crippen molar-refractivity contribution in [1.29, 1.82) is 0 Å². The maximum absolute atomic E-state index is 12.3. The van der Waals surface area contributed by atoms with Crippen LogP contribution in [0.2, 0.25) is 0 Å². The summed E-state index contributed by atoms with van der Waals surface area (Å²) in [5.74, 6) is -1.20. The Labute approximate surface area is 170 Å². The van der Waals surface area contributed by atoms with E-state index in [-0.39, 0.29) is 0 Å². The first-order valence-corrected chi connectivity index (χ1v) is 10.1. The molecule has 0 fully saturated rings. The van der Waals surface area contributed by atoms with E-state index in [1.807, 2.05) is 13.0 Å². The van der Waals surface area contributed by atoms with Crippen LogP contribution < -0.4 is 15.7 Å². The SMILES string of the molecule is CCCCc1cc(=O)oc2cc(O[C@H](C)C(=O)N[C@@H](CCCC)C(=O)O)ccc12. The maximum Gasteiger partial charge on any atom is 0.336 e. The number of hydrogen-bond donors (Lipinski definition) is 2. The highest BCUT2D eigenvalue weighted by molar-refractivity contribution is 5.86. The highest BCUT2D eigenvalue weighted by Crippen LogP contribution is 2.24. The van der Waals surface area contributed by atoms with E-state index in [0.717, 1.165) is 36.6 Å². The second-order valence-electron chi connectivity index (χ2n) is 7.15. The van der Waals surface area contributed by atoms with Gasteiger partial charge in [0.15, 0.2) is 6.10 Å². The Hall–Kier alpha value is -2.83. The molecule has 1 heterocycles. The minimum Gasteiger partial charge on any atom is -0.481 e. The average Bonchev–Trinajstić information content (AvgIpc) is 2.68. The fourth-order valence-corrected chi connectivity index (χ4v) is 3.07. The molecule has 1 aromatic carbocycles. The highest BCUT2D eigenvalue weighted by atomic mass is 16.5. The van der Waals surface area contributed by atoms with Gasteiger partial charge >= 0.3 is 11.6 Å². The number of rotatable bonds is 11. The van der Waals surface area contributed by atoms with Crippen LogP contribution in [-0.2, 0) is 16.0 Å². The van der Waals surface area contributed by atoms with Gasteiger partial charge in [-0.25, -0.2) is 9.59 Å². The normalized spacial score (nSPS) is 13.1. The quantitative estimate of drug-likeness (QED) is 0.555. The number of carboxylic acids is 1. The van der Waals surface area contributed by atoms with Crippen molar-refractivity contribution in [3.63, 3.8) is 0 Å². The van der Waals surface area contributed by atoms with Crippen LogP contribution in [-0.4, -0.2) is 29.1 Å². The second-order valence-corrected chi connectivity index (χ2v) is 7.15. The predicted molar refractivity (Wildman–Crippen MR) is 110 cm³/mol. The Kier molecular flexibility index (Phi) is 8.24. The molecule has 0 bridgehead atoms. The van der Waals surface area contributed by atoms with Crippen LogP contribution in [0.1, 0.15) is 58.4 Å². The zero-order chi connectivity index (χ0) is 21.4. The summed E-state index contributed by atoms with van der Waals surface area (Å²) in [6.45, 7) is 5.59. The Morgan fingerprint density at radius 3 is 2.55 bits per heavy atom. The number of carbonyl (C=O) groups is 2. The van der Waals surface area contributed by atoms with Gasteiger partial charge < -0.3 is 19.6 Å². The first-order valence-electron chi connectivity index (χ1n) is 10.1. The molecule has 7 nitrogen and oxygen atoms in total. The van der Waals surface area contributed by atoms with Gasteiger partial charge in [-0.1, -0.05) is 33.1 Å². The van der Waals surface area contributed by atoms with Gasteiger partial charge in [0.2, 0.25) is 0 Å². The summed E-state index contributed by atoms with van der Waals surface area (Å²) in [6.07, 6.45) is 3.79. The Bertz CT molecular complexity index is 904.